The quantitative estimate of drug-likeness (QED) is 0.0324. The fourth-order valence-electron chi connectivity index (χ4n) is 5.20. The average molecular weight is 848 g/mol. The number of benzene rings is 2. The number of nitrogens with zero attached hydrogens (tertiary/aromatic N) is 3. The van der Waals surface area contributed by atoms with Crippen LogP contribution in [0.4, 0.5) is 5.69 Å². The molecule has 0 fully saturated rings. The van der Waals surface area contributed by atoms with Crippen LogP contribution in [0.2, 0.25) is 0 Å². The number of carbonyl (C=O) groups is 2. The molecule has 5 N–H and O–H groups in total. The van der Waals surface area contributed by atoms with Gasteiger partial charge < -0.3 is 59.9 Å². The van der Waals surface area contributed by atoms with E-state index < -0.39 is 29.8 Å². The van der Waals surface area contributed by atoms with Crippen LogP contribution in [0.15, 0.2) is 116 Å². The highest BCUT2D eigenvalue weighted by atomic mass is 79.9. The zero-order valence-electron chi connectivity index (χ0n) is 29.2. The van der Waals surface area contributed by atoms with E-state index in [-0.39, 0.29) is 63.9 Å². The van der Waals surface area contributed by atoms with E-state index in [1.54, 1.807) is 0 Å². The van der Waals surface area contributed by atoms with Crippen molar-refractivity contribution in [3.8, 4) is 0 Å². The minimum Gasteiger partial charge on any atom is -1.00 e. The van der Waals surface area contributed by atoms with Crippen molar-refractivity contribution in [2.75, 3.05) is 6.61 Å². The first-order valence-electron chi connectivity index (χ1n) is 16.9. The van der Waals surface area contributed by atoms with E-state index >= 15 is 0 Å². The number of hydrogen-bond acceptors (Lipinski definition) is 7. The number of nitrogens with one attached hydrogen (secondary N) is 2. The number of non-ortho nitro benzene ring substituents is 1. The van der Waals surface area contributed by atoms with E-state index in [4.69, 9.17) is 0 Å². The van der Waals surface area contributed by atoms with Gasteiger partial charge in [-0.3, -0.25) is 19.7 Å². The van der Waals surface area contributed by atoms with Gasteiger partial charge in [0.1, 0.15) is 19.2 Å². The molecule has 4 rings (SSSR count). The maximum Gasteiger partial charge on any atom is 0.269 e. The molecular formula is C38H49Br2N5O7. The van der Waals surface area contributed by atoms with Crippen LogP contribution < -0.4 is 53.7 Å². The summed E-state index contributed by atoms with van der Waals surface area (Å²) < 4.78 is 4.15. The maximum atomic E-state index is 12.1. The molecule has 0 saturated heterocycles. The number of nitro groups is 1. The summed E-state index contributed by atoms with van der Waals surface area (Å²) in [6, 6.07) is 25.4. The summed E-state index contributed by atoms with van der Waals surface area (Å²) in [6.45, 7) is 3.11. The van der Waals surface area contributed by atoms with Crippen LogP contribution in [0.25, 0.3) is 0 Å². The van der Waals surface area contributed by atoms with Gasteiger partial charge in [-0.2, -0.15) is 0 Å². The highest BCUT2D eigenvalue weighted by Crippen LogP contribution is 2.21. The lowest BCUT2D eigenvalue weighted by molar-refractivity contribution is -0.697. The van der Waals surface area contributed by atoms with E-state index in [1.165, 1.54) is 24.3 Å². The third-order valence-corrected chi connectivity index (χ3v) is 8.07. The Balaban J connectivity index is 0.000000506. The molecule has 14 heteroatoms. The number of carbonyl (C=O) groups excluding carboxylic acids is 2. The molecule has 12 nitrogen and oxygen atoms in total. The number of aliphatic hydroxyl groups excluding tert-OH is 3. The van der Waals surface area contributed by atoms with Crippen LogP contribution in [0, 0.1) is 10.1 Å². The third-order valence-electron chi connectivity index (χ3n) is 8.07. The summed E-state index contributed by atoms with van der Waals surface area (Å²) in [5, 5.41) is 46.2. The molecule has 4 aromatic rings. The van der Waals surface area contributed by atoms with Gasteiger partial charge in [0.05, 0.1) is 29.7 Å². The molecule has 0 bridgehead atoms. The number of hydrogen-bond donors (Lipinski definition) is 5. The zero-order valence-corrected chi connectivity index (χ0v) is 32.4. The lowest BCUT2D eigenvalue weighted by Crippen LogP contribution is -3.00. The summed E-state index contributed by atoms with van der Waals surface area (Å²) >= 11 is 0. The SMILES string of the molecule is C[C@@H](NC(=O)CCCC[n+]1ccccc1)[C@@H](O)c1ccccc1.O=C(CCCC[n+]1ccccc1)N[C@H](CO)[C@H](O)c1ccc([N+](=O)[O-])cc1.[Br-].[Br-]. The number of amides is 2. The van der Waals surface area contributed by atoms with Crippen LogP contribution >= 0.6 is 0 Å². The van der Waals surface area contributed by atoms with Crippen LogP contribution in [0.1, 0.15) is 68.8 Å². The Bertz CT molecular complexity index is 1570. The van der Waals surface area contributed by atoms with Crippen LogP contribution in [0.5, 0.6) is 0 Å². The Hall–Kier alpha value is -4.08. The second-order valence-corrected chi connectivity index (χ2v) is 12.0. The molecule has 282 valence electrons. The molecule has 0 aliphatic rings. The standard InChI is InChI=1S/C19H23N3O5.C19H24N2O2.2BrH/c23-14-17(19(25)15-7-9-16(10-8-15)22(26)27)20-18(24)6-2-5-13-21-11-3-1-4-12-21;1-16(19(23)17-10-4-2-5-11-17)20-18(22)12-6-9-15-21-13-7-3-8-14-21;;/h1,3-4,7-12,17,19,23,25H,2,5-6,13-14H2;2-5,7-8,10-11,13-14,16,19,23H,6,9,12,15H2,1H3;2*1H/t17-,19-;16-,19-;;/m11../s1. The van der Waals surface area contributed by atoms with Gasteiger partial charge in [0.15, 0.2) is 24.8 Å². The Kier molecular flexibility index (Phi) is 22.8. The second-order valence-electron chi connectivity index (χ2n) is 12.0. The highest BCUT2D eigenvalue weighted by molar-refractivity contribution is 5.76. The number of aliphatic hydroxyl groups is 3. The topological polar surface area (TPSA) is 170 Å². The van der Waals surface area contributed by atoms with Crippen LogP contribution in [-0.4, -0.2) is 50.7 Å². The molecule has 0 spiro atoms. The highest BCUT2D eigenvalue weighted by Gasteiger charge is 2.23. The van der Waals surface area contributed by atoms with E-state index in [1.807, 2.05) is 103 Å². The molecule has 0 unspecified atom stereocenters. The zero-order chi connectivity index (χ0) is 36.1. The monoisotopic (exact) mass is 845 g/mol. The molecule has 2 heterocycles. The number of aromatic nitrogens is 2. The number of pyridine rings is 2. The van der Waals surface area contributed by atoms with E-state index in [2.05, 4.69) is 15.2 Å². The maximum absolute atomic E-state index is 12.1. The first kappa shape index (κ1) is 45.9. The molecule has 52 heavy (non-hydrogen) atoms. The molecule has 2 amide bonds. The van der Waals surface area contributed by atoms with Gasteiger partial charge >= 0.3 is 0 Å². The first-order valence-corrected chi connectivity index (χ1v) is 16.9. The van der Waals surface area contributed by atoms with Crippen molar-refractivity contribution >= 4 is 17.5 Å². The first-order chi connectivity index (χ1) is 24.2. The fourth-order valence-corrected chi connectivity index (χ4v) is 5.20. The smallest absolute Gasteiger partial charge is 0.269 e. The van der Waals surface area contributed by atoms with Gasteiger partial charge in [0, 0.05) is 62.1 Å². The van der Waals surface area contributed by atoms with Gasteiger partial charge in [-0.15, -0.1) is 0 Å². The minimum atomic E-state index is -1.15. The summed E-state index contributed by atoms with van der Waals surface area (Å²) in [5.74, 6) is -0.265. The predicted molar refractivity (Wildman–Crippen MR) is 187 cm³/mol. The van der Waals surface area contributed by atoms with Crippen molar-refractivity contribution in [3.05, 3.63) is 137 Å². The molecule has 2 aromatic heterocycles. The Labute approximate surface area is 326 Å². The number of rotatable bonds is 18. The van der Waals surface area contributed by atoms with Crippen molar-refractivity contribution in [1.29, 1.82) is 0 Å². The Morgan fingerprint density at radius 2 is 1.12 bits per heavy atom. The minimum absolute atomic E-state index is 0. The molecule has 0 aliphatic carbocycles. The summed E-state index contributed by atoms with van der Waals surface area (Å²) in [7, 11) is 0. The Morgan fingerprint density at radius 1 is 0.673 bits per heavy atom. The molecule has 4 atom stereocenters. The molecule has 0 radical (unpaired) electrons. The van der Waals surface area contributed by atoms with Gasteiger partial charge in [0.25, 0.3) is 5.69 Å². The van der Waals surface area contributed by atoms with Crippen LogP contribution in [0.3, 0.4) is 0 Å². The number of aryl methyl sites for hydroxylation is 2. The lowest BCUT2D eigenvalue weighted by atomic mass is 10.0. The van der Waals surface area contributed by atoms with Gasteiger partial charge in [-0.25, -0.2) is 9.13 Å². The van der Waals surface area contributed by atoms with E-state index in [0.29, 0.717) is 18.4 Å². The predicted octanol–water partition coefficient (Wildman–Crippen LogP) is -2.35. The summed E-state index contributed by atoms with van der Waals surface area (Å²) in [5.41, 5.74) is 1.12. The van der Waals surface area contributed by atoms with Crippen molar-refractivity contribution < 1.29 is 72.9 Å². The summed E-state index contributed by atoms with van der Waals surface area (Å²) in [6.07, 6.45) is 10.2. The molecule has 0 aliphatic heterocycles. The molecular weight excluding hydrogens is 798 g/mol. The number of unbranched alkanes of at least 4 members (excludes halogenated alkanes) is 2. The van der Waals surface area contributed by atoms with Gasteiger partial charge in [-0.05, 0) is 43.0 Å². The summed E-state index contributed by atoms with van der Waals surface area (Å²) in [4.78, 5) is 34.2. The van der Waals surface area contributed by atoms with Crippen molar-refractivity contribution in [3.63, 3.8) is 0 Å². The third kappa shape index (κ3) is 17.0. The fraction of sp³-hybridized carbons (Fsp3) is 0.368. The van der Waals surface area contributed by atoms with E-state index in [0.717, 1.165) is 37.9 Å². The molecule has 2 aromatic carbocycles. The van der Waals surface area contributed by atoms with Gasteiger partial charge in [-0.1, -0.05) is 42.5 Å². The van der Waals surface area contributed by atoms with Crippen LogP contribution in [-0.2, 0) is 22.7 Å². The average Bonchev–Trinajstić information content (AvgIpc) is 3.15. The largest absolute Gasteiger partial charge is 1.00 e. The normalized spacial score (nSPS) is 12.6. The van der Waals surface area contributed by atoms with Crippen molar-refractivity contribution in [2.24, 2.45) is 0 Å². The lowest BCUT2D eigenvalue weighted by Gasteiger charge is -2.22. The molecule has 0 saturated carbocycles. The Morgan fingerprint density at radius 3 is 1.58 bits per heavy atom. The van der Waals surface area contributed by atoms with Crippen molar-refractivity contribution in [1.82, 2.24) is 10.6 Å². The number of halogens is 2. The second kappa shape index (κ2) is 25.8. The van der Waals surface area contributed by atoms with Crippen molar-refractivity contribution in [2.45, 2.75) is 82.8 Å². The number of nitro benzene ring substituents is 1. The van der Waals surface area contributed by atoms with Gasteiger partial charge in [0.2, 0.25) is 11.8 Å². The van der Waals surface area contributed by atoms with E-state index in [9.17, 15) is 35.0 Å².